The average Bonchev–Trinajstić information content (AvgIpc) is 2.95. The van der Waals surface area contributed by atoms with Gasteiger partial charge in [-0.15, -0.1) is 0 Å². The maximum absolute atomic E-state index is 13.5. The lowest BCUT2D eigenvalue weighted by molar-refractivity contribution is -0.129. The summed E-state index contributed by atoms with van der Waals surface area (Å²) in [5.74, 6) is -5.27. The largest absolute Gasteiger partial charge is 0.478 e. The molecule has 0 aromatic heterocycles. The van der Waals surface area contributed by atoms with E-state index in [1.165, 1.54) is 72.8 Å². The van der Waals surface area contributed by atoms with E-state index >= 15 is 0 Å². The van der Waals surface area contributed by atoms with Crippen LogP contribution in [0.2, 0.25) is 0 Å². The summed E-state index contributed by atoms with van der Waals surface area (Å²) in [4.78, 5) is 61.4. The number of hydrogen-bond acceptors (Lipinski definition) is 5. The van der Waals surface area contributed by atoms with Gasteiger partial charge in [0.25, 0.3) is 0 Å². The van der Waals surface area contributed by atoms with Crippen LogP contribution < -0.4 is 5.32 Å². The third-order valence-corrected chi connectivity index (χ3v) is 5.78. The minimum Gasteiger partial charge on any atom is -0.478 e. The molecule has 3 N–H and O–H groups in total. The Bertz CT molecular complexity index is 1360. The molecule has 8 heteroatoms. The van der Waals surface area contributed by atoms with Gasteiger partial charge in [0, 0.05) is 0 Å². The van der Waals surface area contributed by atoms with E-state index in [0.717, 1.165) is 6.08 Å². The van der Waals surface area contributed by atoms with Crippen molar-refractivity contribution in [1.82, 2.24) is 5.32 Å². The number of nitrogens with one attached hydrogen (secondary N) is 1. The highest BCUT2D eigenvalue weighted by atomic mass is 16.4. The van der Waals surface area contributed by atoms with Gasteiger partial charge in [-0.05, 0) is 59.2 Å². The van der Waals surface area contributed by atoms with Crippen molar-refractivity contribution >= 4 is 41.6 Å². The number of amides is 1. The molecule has 196 valence electrons. The normalized spacial score (nSPS) is 11.8. The van der Waals surface area contributed by atoms with Crippen LogP contribution >= 0.6 is 0 Å². The Balaban J connectivity index is 1.98. The molecule has 0 heterocycles. The van der Waals surface area contributed by atoms with E-state index in [4.69, 9.17) is 10.2 Å². The SMILES string of the molecule is C=CC(=O)NC(c1ccccc1)C(C(=O)/C=C/c1ccc(C(=O)O)cc1)C(=O)/C=C/c1ccc(C(=O)O)cc1. The molecule has 0 fully saturated rings. The van der Waals surface area contributed by atoms with Gasteiger partial charge >= 0.3 is 11.9 Å². The standard InChI is InChI=1S/C31H25NO7/c1-2-27(35)32-29(22-6-4-3-5-7-22)28(25(33)18-12-20-8-14-23(15-9-20)30(36)37)26(34)19-13-21-10-16-24(17-11-21)31(38)39/h2-19,28-29H,1H2,(H,32,35)(H,36,37)(H,38,39)/b18-12+,19-13+. The van der Waals surface area contributed by atoms with Crippen molar-refractivity contribution in [2.75, 3.05) is 0 Å². The third-order valence-electron chi connectivity index (χ3n) is 5.78. The summed E-state index contributed by atoms with van der Waals surface area (Å²) in [6.07, 6.45) is 6.38. The first kappa shape index (κ1) is 28.2. The summed E-state index contributed by atoms with van der Waals surface area (Å²) in [5, 5.41) is 20.8. The van der Waals surface area contributed by atoms with Crippen molar-refractivity contribution in [1.29, 1.82) is 0 Å². The zero-order chi connectivity index (χ0) is 28.4. The monoisotopic (exact) mass is 523 g/mol. The minimum absolute atomic E-state index is 0.0873. The summed E-state index contributed by atoms with van der Waals surface area (Å²) in [7, 11) is 0. The van der Waals surface area contributed by atoms with Crippen LogP contribution in [0, 0.1) is 5.92 Å². The molecule has 39 heavy (non-hydrogen) atoms. The van der Waals surface area contributed by atoms with E-state index in [0.29, 0.717) is 16.7 Å². The van der Waals surface area contributed by atoms with Crippen LogP contribution in [0.4, 0.5) is 0 Å². The Hall–Kier alpha value is -5.37. The first-order chi connectivity index (χ1) is 18.7. The van der Waals surface area contributed by atoms with E-state index in [2.05, 4.69) is 11.9 Å². The molecule has 0 spiro atoms. The van der Waals surface area contributed by atoms with Gasteiger partial charge in [0.2, 0.25) is 5.91 Å². The second-order valence-corrected chi connectivity index (χ2v) is 8.40. The molecule has 0 radical (unpaired) electrons. The number of carboxylic acid groups (broad SMARTS) is 2. The molecule has 3 aromatic carbocycles. The molecule has 0 bridgehead atoms. The quantitative estimate of drug-likeness (QED) is 0.233. The minimum atomic E-state index is -1.35. The number of carboxylic acids is 2. The van der Waals surface area contributed by atoms with Gasteiger partial charge in [0.15, 0.2) is 11.6 Å². The highest BCUT2D eigenvalue weighted by Crippen LogP contribution is 2.26. The first-order valence-corrected chi connectivity index (χ1v) is 11.8. The van der Waals surface area contributed by atoms with Crippen LogP contribution in [-0.2, 0) is 14.4 Å². The number of benzene rings is 3. The zero-order valence-electron chi connectivity index (χ0n) is 20.7. The second kappa shape index (κ2) is 13.3. The second-order valence-electron chi connectivity index (χ2n) is 8.40. The molecular weight excluding hydrogens is 498 g/mol. The maximum atomic E-state index is 13.5. The Morgan fingerprint density at radius 3 is 1.49 bits per heavy atom. The predicted molar refractivity (Wildman–Crippen MR) is 146 cm³/mol. The van der Waals surface area contributed by atoms with Gasteiger partial charge in [-0.25, -0.2) is 9.59 Å². The smallest absolute Gasteiger partial charge is 0.335 e. The van der Waals surface area contributed by atoms with Gasteiger partial charge in [-0.2, -0.15) is 0 Å². The fourth-order valence-electron chi connectivity index (χ4n) is 3.74. The molecule has 8 nitrogen and oxygen atoms in total. The number of hydrogen-bond donors (Lipinski definition) is 3. The predicted octanol–water partition coefficient (Wildman–Crippen LogP) is 4.61. The maximum Gasteiger partial charge on any atom is 0.335 e. The Labute approximate surface area is 224 Å². The number of rotatable bonds is 12. The summed E-state index contributed by atoms with van der Waals surface area (Å²) >= 11 is 0. The van der Waals surface area contributed by atoms with Crippen molar-refractivity contribution in [2.24, 2.45) is 5.92 Å². The Kier molecular flexibility index (Phi) is 9.58. The summed E-state index contributed by atoms with van der Waals surface area (Å²) in [6.45, 7) is 3.45. The van der Waals surface area contributed by atoms with E-state index in [1.54, 1.807) is 30.3 Å². The molecule has 1 atom stereocenters. The van der Waals surface area contributed by atoms with Gasteiger partial charge < -0.3 is 15.5 Å². The molecule has 0 aliphatic heterocycles. The van der Waals surface area contributed by atoms with E-state index in [-0.39, 0.29) is 11.1 Å². The Morgan fingerprint density at radius 2 is 1.10 bits per heavy atom. The first-order valence-electron chi connectivity index (χ1n) is 11.8. The molecule has 1 amide bonds. The van der Waals surface area contributed by atoms with Crippen molar-refractivity contribution in [3.05, 3.63) is 131 Å². The molecule has 0 saturated carbocycles. The third kappa shape index (κ3) is 7.80. The van der Waals surface area contributed by atoms with Crippen LogP contribution in [0.5, 0.6) is 0 Å². The van der Waals surface area contributed by atoms with Gasteiger partial charge in [0.1, 0.15) is 5.92 Å². The van der Waals surface area contributed by atoms with Crippen molar-refractivity contribution in [3.63, 3.8) is 0 Å². The highest BCUT2D eigenvalue weighted by Gasteiger charge is 2.34. The molecular formula is C31H25NO7. The fourth-order valence-corrected chi connectivity index (χ4v) is 3.74. The number of carbonyl (C=O) groups is 5. The average molecular weight is 524 g/mol. The molecule has 3 aromatic rings. The molecule has 1 unspecified atom stereocenters. The number of carbonyl (C=O) groups excluding carboxylic acids is 3. The lowest BCUT2D eigenvalue weighted by atomic mass is 9.85. The number of ketones is 2. The van der Waals surface area contributed by atoms with Crippen LogP contribution in [0.3, 0.4) is 0 Å². The van der Waals surface area contributed by atoms with Crippen molar-refractivity contribution in [3.8, 4) is 0 Å². The number of aromatic carboxylic acids is 2. The van der Waals surface area contributed by atoms with Crippen LogP contribution in [0.25, 0.3) is 12.2 Å². The highest BCUT2D eigenvalue weighted by molar-refractivity contribution is 6.14. The van der Waals surface area contributed by atoms with Crippen LogP contribution in [-0.4, -0.2) is 39.6 Å². The van der Waals surface area contributed by atoms with Crippen LogP contribution in [0.15, 0.2) is 104 Å². The van der Waals surface area contributed by atoms with Gasteiger partial charge in [-0.1, -0.05) is 73.3 Å². The summed E-state index contributed by atoms with van der Waals surface area (Å²) < 4.78 is 0. The molecule has 0 aliphatic rings. The number of allylic oxidation sites excluding steroid dienone is 2. The Morgan fingerprint density at radius 1 is 0.667 bits per heavy atom. The molecule has 0 saturated heterocycles. The summed E-state index contributed by atoms with van der Waals surface area (Å²) in [6, 6.07) is 19.2. The van der Waals surface area contributed by atoms with E-state index in [1.807, 2.05) is 0 Å². The van der Waals surface area contributed by atoms with Crippen molar-refractivity contribution in [2.45, 2.75) is 6.04 Å². The van der Waals surface area contributed by atoms with Crippen molar-refractivity contribution < 1.29 is 34.2 Å². The van der Waals surface area contributed by atoms with E-state index < -0.39 is 41.4 Å². The molecule has 3 rings (SSSR count). The van der Waals surface area contributed by atoms with Gasteiger partial charge in [-0.3, -0.25) is 14.4 Å². The fraction of sp³-hybridized carbons (Fsp3) is 0.0645. The lowest BCUT2D eigenvalue weighted by Crippen LogP contribution is -2.39. The van der Waals surface area contributed by atoms with E-state index in [9.17, 15) is 24.0 Å². The van der Waals surface area contributed by atoms with Gasteiger partial charge in [0.05, 0.1) is 17.2 Å². The molecule has 0 aliphatic carbocycles. The lowest BCUT2D eigenvalue weighted by Gasteiger charge is -2.25. The zero-order valence-corrected chi connectivity index (χ0v) is 20.7. The topological polar surface area (TPSA) is 138 Å². The summed E-state index contributed by atoms with van der Waals surface area (Å²) in [5.41, 5.74) is 1.78. The van der Waals surface area contributed by atoms with Crippen LogP contribution in [0.1, 0.15) is 43.4 Å².